The first-order valence-electron chi connectivity index (χ1n) is 40.9. The van der Waals surface area contributed by atoms with Gasteiger partial charge in [-0.1, -0.05) is 7.43 Å². The quantitative estimate of drug-likeness (QED) is 0.0714. The van der Waals surface area contributed by atoms with Crippen LogP contribution in [0.1, 0.15) is 205 Å². The van der Waals surface area contributed by atoms with Gasteiger partial charge in [0.2, 0.25) is 0 Å². The molecule has 36 heteroatoms. The predicted octanol–water partition coefficient (Wildman–Crippen LogP) is 9.06. The van der Waals surface area contributed by atoms with Gasteiger partial charge in [0.05, 0.1) is 82.9 Å². The molecule has 0 spiro atoms. The number of carboxylic acids is 1. The Balaban J connectivity index is 0.000000121. The molecule has 0 amide bonds. The van der Waals surface area contributed by atoms with Gasteiger partial charge in [0.15, 0.2) is 0 Å². The van der Waals surface area contributed by atoms with Gasteiger partial charge in [-0.05, 0) is 215 Å². The van der Waals surface area contributed by atoms with Crippen molar-refractivity contribution < 1.29 is 76.6 Å². The van der Waals surface area contributed by atoms with Gasteiger partial charge >= 0.3 is 5.97 Å². The number of carbonyl (C=O) groups excluding carboxylic acids is 4. The number of rotatable bonds is 5. The van der Waals surface area contributed by atoms with Gasteiger partial charge in [-0.2, -0.15) is 24.7 Å². The van der Waals surface area contributed by atoms with Crippen LogP contribution in [0.5, 0.6) is 0 Å². The average Bonchev–Trinajstić information content (AvgIpc) is 1.67. The molecule has 1 unspecified atom stereocenters. The fourth-order valence-corrected chi connectivity index (χ4v) is 17.9. The maximum atomic E-state index is 13.6. The summed E-state index contributed by atoms with van der Waals surface area (Å²) in [7, 11) is 0. The number of halogens is 5. The molecule has 31 nitrogen and oxygen atoms in total. The average molecular weight is 1690 g/mol. The third kappa shape index (κ3) is 18.1. The number of carbonyl (C=O) groups is 5. The highest BCUT2D eigenvalue weighted by atomic mass is 19.1. The number of benzene rings is 5. The zero-order valence-electron chi connectivity index (χ0n) is 66.1. The molecule has 0 radical (unpaired) electrons. The molecule has 5 aromatic carbocycles. The first kappa shape index (κ1) is 86.1. The summed E-state index contributed by atoms with van der Waals surface area (Å²) in [4.78, 5) is 63.0. The number of hydrogen-bond acceptors (Lipinski definition) is 25. The van der Waals surface area contributed by atoms with E-state index in [0.717, 1.165) is 97.6 Å². The fourth-order valence-electron chi connectivity index (χ4n) is 17.9. The lowest BCUT2D eigenvalue weighted by Crippen LogP contribution is -2.30. The van der Waals surface area contributed by atoms with Crippen molar-refractivity contribution in [2.75, 3.05) is 88.0 Å². The molecular formula is C86H101F5N20O11. The van der Waals surface area contributed by atoms with E-state index < -0.39 is 65.8 Å². The van der Waals surface area contributed by atoms with Gasteiger partial charge < -0.3 is 85.9 Å². The van der Waals surface area contributed by atoms with Crippen molar-refractivity contribution in [2.45, 2.75) is 196 Å². The fraction of sp³-hybridized carbons (Fsp3) is 0.419. The van der Waals surface area contributed by atoms with Crippen LogP contribution in [0.15, 0.2) is 91.0 Å². The summed E-state index contributed by atoms with van der Waals surface area (Å²) in [5.74, 6) is -4.33. The molecule has 20 rings (SSSR count). The van der Waals surface area contributed by atoms with Gasteiger partial charge in [-0.3, -0.25) is 29.1 Å². The van der Waals surface area contributed by atoms with E-state index in [-0.39, 0.29) is 60.4 Å². The maximum absolute atomic E-state index is 13.6. The molecule has 5 aliphatic heterocycles. The normalized spacial score (nSPS) is 22.0. The van der Waals surface area contributed by atoms with E-state index in [1.165, 1.54) is 79.4 Å². The molecule has 0 saturated heterocycles. The summed E-state index contributed by atoms with van der Waals surface area (Å²) < 4.78 is 72.7. The number of hydrogen-bond donors (Lipinski definition) is 17. The summed E-state index contributed by atoms with van der Waals surface area (Å²) in [5, 5.41) is 97.2. The van der Waals surface area contributed by atoms with Crippen molar-refractivity contribution >= 4 is 87.1 Å². The number of fused-ring (bicyclic) bond motifs is 10. The largest absolute Gasteiger partial charge is 0.481 e. The van der Waals surface area contributed by atoms with Crippen LogP contribution in [0.3, 0.4) is 0 Å². The zero-order valence-corrected chi connectivity index (χ0v) is 66.1. The predicted molar refractivity (Wildman–Crippen MR) is 448 cm³/mol. The molecule has 10 atom stereocenters. The van der Waals surface area contributed by atoms with E-state index in [1.54, 1.807) is 30.3 Å². The third-order valence-corrected chi connectivity index (χ3v) is 24.2. The topological polar surface area (TPSA) is 497 Å². The van der Waals surface area contributed by atoms with Gasteiger partial charge in [0, 0.05) is 127 Å². The molecule has 0 saturated carbocycles. The highest BCUT2D eigenvalue weighted by Crippen LogP contribution is 2.42. The standard InChI is InChI=1S/4C17H19FN4O2.C10H10FNO2.C7H11N3O.CH4/c2*18-9-1-3-14-12(7-9)11(5-6-20-14)17(24)22-15-4-2-10(23)8-13(15)16(19)21-22;2*18-9-1-3-14-12(7-9)11(5-6-20-14)17(24)22-16(19)13-8-10(23)2-4-15(13)21-22;11-6-1-2-9-8(5-6)7(10(13)14)3-4-12-9;8-7-5-3-4(11)1-2-6(5)9-10-7;/h2*1,3,7,10-11,20,23H,2,4-6,8H2,(H2,19,21);2*1,3,7,10-11,20,23H,2,4-6,8,19H2;1-2,5,7,12H,3-4H2,(H,13,14);4,11H,1-3H2,(H3,8,9,10);1H4/t10-,11+;10-,11-;10-,11+;10-,11-;;4-;/m0000.0./s1. The molecule has 10 aliphatic rings. The Morgan fingerprint density at radius 1 is 0.344 bits per heavy atom. The van der Waals surface area contributed by atoms with Crippen molar-refractivity contribution in [1.29, 1.82) is 0 Å². The van der Waals surface area contributed by atoms with Crippen LogP contribution in [-0.2, 0) is 69.0 Å². The van der Waals surface area contributed by atoms with Crippen LogP contribution in [0.4, 0.5) is 79.5 Å². The van der Waals surface area contributed by atoms with Crippen LogP contribution in [0.25, 0.3) is 0 Å². The van der Waals surface area contributed by atoms with E-state index in [2.05, 4.69) is 57.2 Å². The minimum absolute atomic E-state index is 0. The number of aliphatic carboxylic acids is 1. The Bertz CT molecular complexity index is 5330. The molecule has 10 heterocycles. The Morgan fingerprint density at radius 3 is 0.951 bits per heavy atom. The number of aliphatic hydroxyl groups is 5. The number of nitrogen functional groups attached to an aromatic ring is 5. The number of anilines is 10. The zero-order chi connectivity index (χ0) is 85.4. The van der Waals surface area contributed by atoms with Crippen molar-refractivity contribution in [2.24, 2.45) is 0 Å². The molecule has 646 valence electrons. The number of aliphatic hydroxyl groups excluding tert-OH is 5. The molecule has 122 heavy (non-hydrogen) atoms. The van der Waals surface area contributed by atoms with Crippen LogP contribution in [0, 0.1) is 29.1 Å². The van der Waals surface area contributed by atoms with Crippen molar-refractivity contribution in [3.05, 3.63) is 204 Å². The minimum atomic E-state index is -0.890. The van der Waals surface area contributed by atoms with Crippen molar-refractivity contribution in [1.82, 2.24) is 49.3 Å². The Labute approximate surface area is 698 Å². The number of nitrogens with one attached hydrogen (secondary N) is 6. The van der Waals surface area contributed by atoms with Crippen LogP contribution < -0.4 is 55.3 Å². The van der Waals surface area contributed by atoms with Crippen LogP contribution in [0.2, 0.25) is 0 Å². The van der Waals surface area contributed by atoms with Gasteiger partial charge in [0.1, 0.15) is 58.2 Å². The first-order chi connectivity index (χ1) is 58.1. The first-order valence-corrected chi connectivity index (χ1v) is 40.9. The van der Waals surface area contributed by atoms with Gasteiger partial charge in [0.25, 0.3) is 23.6 Å². The van der Waals surface area contributed by atoms with E-state index >= 15 is 0 Å². The lowest BCUT2D eigenvalue weighted by molar-refractivity contribution is -0.139. The van der Waals surface area contributed by atoms with E-state index in [0.29, 0.717) is 205 Å². The van der Waals surface area contributed by atoms with Gasteiger partial charge in [-0.15, -0.1) is 10.2 Å². The summed E-state index contributed by atoms with van der Waals surface area (Å²) in [6, 6.07) is 22.0. The van der Waals surface area contributed by atoms with Gasteiger partial charge in [-0.25, -0.2) is 31.3 Å². The highest BCUT2D eigenvalue weighted by Gasteiger charge is 2.39. The summed E-state index contributed by atoms with van der Waals surface area (Å²) in [6.45, 7) is 3.18. The number of nitrogens with two attached hydrogens (primary N) is 5. The summed E-state index contributed by atoms with van der Waals surface area (Å²) in [5.41, 5.74) is 44.9. The van der Waals surface area contributed by atoms with Crippen LogP contribution >= 0.6 is 0 Å². The smallest absolute Gasteiger partial charge is 0.311 e. The SMILES string of the molecule is C.Nc1c2c(nn1C(=O)[C@@H]1CCNc3ccc(F)cc31)CC[C@H](O)C2.Nc1c2c(nn1C(=O)[C@H]1CCNc3ccc(F)cc31)CC[C@H](O)C2.Nc1n[nH]c2c1C[C@@H](O)CC2.Nc1nn(C(=O)[C@@H]2CCNc3ccc(F)cc32)c2c1C[C@@H](O)CC2.Nc1nn(C(=O)[C@H]2CCNc3ccc(F)cc32)c2c1C[C@@H](O)CC2.O=C(O)C1CCNc2ccc(F)cc21. The third-order valence-electron chi connectivity index (χ3n) is 24.2. The van der Waals surface area contributed by atoms with E-state index in [4.69, 9.17) is 33.8 Å². The minimum Gasteiger partial charge on any atom is -0.481 e. The second-order valence-electron chi connectivity index (χ2n) is 32.1. The molecular weight excluding hydrogens is 1580 g/mol. The maximum Gasteiger partial charge on any atom is 0.311 e. The van der Waals surface area contributed by atoms with E-state index in [9.17, 15) is 71.5 Å². The second kappa shape index (κ2) is 36.6. The number of aromatic nitrogens is 10. The monoisotopic (exact) mass is 1680 g/mol. The Morgan fingerprint density at radius 2 is 0.623 bits per heavy atom. The number of nitrogens with zero attached hydrogens (tertiary/aromatic N) is 9. The Kier molecular flexibility index (Phi) is 25.8. The molecule has 5 aromatic heterocycles. The molecule has 22 N–H and O–H groups in total. The van der Waals surface area contributed by atoms with Crippen LogP contribution in [-0.4, -0.2) is 173 Å². The highest BCUT2D eigenvalue weighted by molar-refractivity contribution is 5.93. The molecule has 0 fully saturated rings. The van der Waals surface area contributed by atoms with E-state index in [1.807, 2.05) is 0 Å². The Hall–Kier alpha value is -12.3. The number of aryl methyl sites for hydroxylation is 3. The van der Waals surface area contributed by atoms with Crippen molar-refractivity contribution in [3.8, 4) is 0 Å². The summed E-state index contributed by atoms with van der Waals surface area (Å²) in [6.07, 6.45) is 9.55. The number of carboxylic acid groups (broad SMARTS) is 1. The molecule has 10 aromatic rings. The van der Waals surface area contributed by atoms with Crippen molar-refractivity contribution in [3.63, 3.8) is 0 Å². The summed E-state index contributed by atoms with van der Waals surface area (Å²) >= 11 is 0. The molecule has 5 aliphatic carbocycles. The lowest BCUT2D eigenvalue weighted by atomic mass is 9.89. The lowest BCUT2D eigenvalue weighted by Gasteiger charge is -2.26. The number of aromatic amines is 1. The molecule has 0 bridgehead atoms. The number of H-pyrrole nitrogens is 1. The second-order valence-corrected chi connectivity index (χ2v) is 32.1.